The van der Waals surface area contributed by atoms with Crippen molar-refractivity contribution in [2.75, 3.05) is 38.7 Å². The number of fused-ring (bicyclic) bond motifs is 3. The molecule has 0 radical (unpaired) electrons. The molecule has 2 heterocycles. The molecule has 1 saturated heterocycles. The number of piperidine rings is 1. The highest BCUT2D eigenvalue weighted by molar-refractivity contribution is 6.33. The number of anilines is 1. The smallest absolute Gasteiger partial charge is 0.124 e. The highest BCUT2D eigenvalue weighted by Gasteiger charge is 2.37. The summed E-state index contributed by atoms with van der Waals surface area (Å²) >= 11 is 6.38. The minimum atomic E-state index is 0.526. The van der Waals surface area contributed by atoms with Crippen molar-refractivity contribution in [1.29, 1.82) is 0 Å². The summed E-state index contributed by atoms with van der Waals surface area (Å²) in [6.07, 6.45) is 1.23. The van der Waals surface area contributed by atoms with E-state index in [1.807, 2.05) is 12.1 Å². The average molecular weight is 267 g/mol. The highest BCUT2D eigenvalue weighted by atomic mass is 35.5. The van der Waals surface area contributed by atoms with Gasteiger partial charge in [-0.1, -0.05) is 11.6 Å². The molecule has 0 aromatic heterocycles. The van der Waals surface area contributed by atoms with Crippen LogP contribution in [0.4, 0.5) is 5.69 Å². The normalized spacial score (nSPS) is 26.5. The number of rotatable bonds is 1. The molecule has 2 atom stereocenters. The molecule has 2 aliphatic heterocycles. The van der Waals surface area contributed by atoms with E-state index in [1.54, 1.807) is 7.11 Å². The SMILES string of the molecule is COc1ccc(Cl)c2c1C1CNCCC1CN2C. The Kier molecular flexibility index (Phi) is 3.12. The van der Waals surface area contributed by atoms with Crippen LogP contribution < -0.4 is 15.0 Å². The molecule has 3 rings (SSSR count). The van der Waals surface area contributed by atoms with Crippen molar-refractivity contribution in [3.05, 3.63) is 22.7 Å². The lowest BCUT2D eigenvalue weighted by Gasteiger charge is -2.43. The molecule has 1 N–H and O–H groups in total. The summed E-state index contributed by atoms with van der Waals surface area (Å²) in [6.45, 7) is 3.24. The summed E-state index contributed by atoms with van der Waals surface area (Å²) in [5.41, 5.74) is 2.44. The fourth-order valence-electron chi connectivity index (χ4n) is 3.40. The van der Waals surface area contributed by atoms with Crippen LogP contribution in [0.5, 0.6) is 5.75 Å². The van der Waals surface area contributed by atoms with E-state index >= 15 is 0 Å². The number of hydrogen-bond acceptors (Lipinski definition) is 3. The average Bonchev–Trinajstić information content (AvgIpc) is 2.39. The van der Waals surface area contributed by atoms with E-state index in [4.69, 9.17) is 16.3 Å². The third-order valence-electron chi connectivity index (χ3n) is 4.23. The summed E-state index contributed by atoms with van der Waals surface area (Å²) < 4.78 is 5.55. The van der Waals surface area contributed by atoms with E-state index in [0.29, 0.717) is 11.8 Å². The second-order valence-corrected chi connectivity index (χ2v) is 5.66. The Labute approximate surface area is 113 Å². The molecule has 0 bridgehead atoms. The van der Waals surface area contributed by atoms with E-state index in [-0.39, 0.29) is 0 Å². The zero-order valence-electron chi connectivity index (χ0n) is 10.9. The first-order valence-corrected chi connectivity index (χ1v) is 6.88. The second kappa shape index (κ2) is 4.63. The van der Waals surface area contributed by atoms with Gasteiger partial charge in [0.05, 0.1) is 17.8 Å². The summed E-state index contributed by atoms with van der Waals surface area (Å²) in [5.74, 6) is 2.20. The number of nitrogens with zero attached hydrogens (tertiary/aromatic N) is 1. The van der Waals surface area contributed by atoms with Gasteiger partial charge >= 0.3 is 0 Å². The van der Waals surface area contributed by atoms with Crippen LogP contribution >= 0.6 is 11.6 Å². The molecule has 0 saturated carbocycles. The Bertz CT molecular complexity index is 463. The van der Waals surface area contributed by atoms with E-state index < -0.39 is 0 Å². The van der Waals surface area contributed by atoms with Crippen molar-refractivity contribution in [2.45, 2.75) is 12.3 Å². The zero-order chi connectivity index (χ0) is 12.7. The van der Waals surface area contributed by atoms with Gasteiger partial charge in [-0.05, 0) is 31.0 Å². The maximum atomic E-state index is 6.38. The van der Waals surface area contributed by atoms with E-state index in [1.165, 1.54) is 12.0 Å². The molecule has 1 fully saturated rings. The maximum Gasteiger partial charge on any atom is 0.124 e. The molecule has 98 valence electrons. The van der Waals surface area contributed by atoms with Gasteiger partial charge in [-0.3, -0.25) is 0 Å². The fraction of sp³-hybridized carbons (Fsp3) is 0.571. The molecule has 1 aromatic rings. The fourth-order valence-corrected chi connectivity index (χ4v) is 3.71. The Morgan fingerprint density at radius 3 is 3.06 bits per heavy atom. The van der Waals surface area contributed by atoms with Crippen molar-refractivity contribution in [3.8, 4) is 5.75 Å². The number of hydrogen-bond donors (Lipinski definition) is 1. The summed E-state index contributed by atoms with van der Waals surface area (Å²) in [4.78, 5) is 2.28. The summed E-state index contributed by atoms with van der Waals surface area (Å²) in [6, 6.07) is 3.93. The molecule has 2 aliphatic rings. The van der Waals surface area contributed by atoms with Gasteiger partial charge in [0, 0.05) is 31.6 Å². The van der Waals surface area contributed by atoms with Gasteiger partial charge in [-0.15, -0.1) is 0 Å². The molecule has 2 unspecified atom stereocenters. The molecule has 0 spiro atoms. The number of methoxy groups -OCH3 is 1. The van der Waals surface area contributed by atoms with Gasteiger partial charge in [-0.25, -0.2) is 0 Å². The Morgan fingerprint density at radius 1 is 1.44 bits per heavy atom. The highest BCUT2D eigenvalue weighted by Crippen LogP contribution is 2.48. The Hall–Kier alpha value is -0.930. The van der Waals surface area contributed by atoms with E-state index in [2.05, 4.69) is 17.3 Å². The Morgan fingerprint density at radius 2 is 2.28 bits per heavy atom. The van der Waals surface area contributed by atoms with Gasteiger partial charge in [0.2, 0.25) is 0 Å². The molecule has 4 heteroatoms. The van der Waals surface area contributed by atoms with Crippen LogP contribution in [0.3, 0.4) is 0 Å². The van der Waals surface area contributed by atoms with Gasteiger partial charge in [0.1, 0.15) is 5.75 Å². The lowest BCUT2D eigenvalue weighted by Crippen LogP contribution is -2.44. The predicted molar refractivity (Wildman–Crippen MR) is 75.0 cm³/mol. The van der Waals surface area contributed by atoms with Crippen LogP contribution in [0.1, 0.15) is 17.9 Å². The van der Waals surface area contributed by atoms with E-state index in [9.17, 15) is 0 Å². The number of nitrogens with one attached hydrogen (secondary N) is 1. The van der Waals surface area contributed by atoms with Crippen LogP contribution in [0, 0.1) is 5.92 Å². The van der Waals surface area contributed by atoms with Crippen molar-refractivity contribution in [2.24, 2.45) is 5.92 Å². The van der Waals surface area contributed by atoms with Gasteiger partial charge < -0.3 is 15.0 Å². The van der Waals surface area contributed by atoms with E-state index in [0.717, 1.165) is 36.1 Å². The molecular weight excluding hydrogens is 248 g/mol. The van der Waals surface area contributed by atoms with Crippen LogP contribution in [0.25, 0.3) is 0 Å². The second-order valence-electron chi connectivity index (χ2n) is 5.25. The van der Waals surface area contributed by atoms with Crippen molar-refractivity contribution in [1.82, 2.24) is 5.32 Å². The summed E-state index contributed by atoms with van der Waals surface area (Å²) in [7, 11) is 3.87. The molecule has 0 aliphatic carbocycles. The van der Waals surface area contributed by atoms with Crippen LogP contribution in [0.15, 0.2) is 12.1 Å². The van der Waals surface area contributed by atoms with Crippen LogP contribution in [-0.2, 0) is 0 Å². The summed E-state index contributed by atoms with van der Waals surface area (Å²) in [5, 5.41) is 4.32. The zero-order valence-corrected chi connectivity index (χ0v) is 11.6. The third kappa shape index (κ3) is 1.77. The first kappa shape index (κ1) is 12.1. The van der Waals surface area contributed by atoms with Crippen LogP contribution in [-0.4, -0.2) is 33.8 Å². The Balaban J connectivity index is 2.15. The van der Waals surface area contributed by atoms with Crippen LogP contribution in [0.2, 0.25) is 5.02 Å². The van der Waals surface area contributed by atoms with Crippen molar-refractivity contribution >= 4 is 17.3 Å². The topological polar surface area (TPSA) is 24.5 Å². The third-order valence-corrected chi connectivity index (χ3v) is 4.54. The standard InChI is InChI=1S/C14H19ClN2O/c1-17-8-9-5-6-16-7-10(9)13-12(18-2)4-3-11(15)14(13)17/h3-4,9-10,16H,5-8H2,1-2H3. The minimum absolute atomic E-state index is 0.526. The monoisotopic (exact) mass is 266 g/mol. The minimum Gasteiger partial charge on any atom is -0.496 e. The largest absolute Gasteiger partial charge is 0.496 e. The van der Waals surface area contributed by atoms with Gasteiger partial charge in [-0.2, -0.15) is 0 Å². The van der Waals surface area contributed by atoms with Crippen molar-refractivity contribution in [3.63, 3.8) is 0 Å². The first-order valence-electron chi connectivity index (χ1n) is 6.50. The van der Waals surface area contributed by atoms with Crippen molar-refractivity contribution < 1.29 is 4.74 Å². The quantitative estimate of drug-likeness (QED) is 0.845. The van der Waals surface area contributed by atoms with Gasteiger partial charge in [0.15, 0.2) is 0 Å². The number of halogens is 1. The molecule has 18 heavy (non-hydrogen) atoms. The van der Waals surface area contributed by atoms with Gasteiger partial charge in [0.25, 0.3) is 0 Å². The molecule has 3 nitrogen and oxygen atoms in total. The molecule has 1 aromatic carbocycles. The lowest BCUT2D eigenvalue weighted by atomic mass is 9.77. The lowest BCUT2D eigenvalue weighted by molar-refractivity contribution is 0.305. The first-order chi connectivity index (χ1) is 8.72. The molecule has 0 amide bonds. The number of benzene rings is 1. The maximum absolute atomic E-state index is 6.38. The predicted octanol–water partition coefficient (Wildman–Crippen LogP) is 2.49. The molecular formula is C14H19ClN2O. The number of ether oxygens (including phenoxy) is 1.